The van der Waals surface area contributed by atoms with Crippen molar-refractivity contribution < 1.29 is 19.0 Å². The zero-order valence-electron chi connectivity index (χ0n) is 17.0. The molecule has 1 amide bonds. The van der Waals surface area contributed by atoms with E-state index in [9.17, 15) is 4.79 Å². The molecule has 0 bridgehead atoms. The maximum atomic E-state index is 12.5. The number of hydrogen-bond donors (Lipinski definition) is 2. The van der Waals surface area contributed by atoms with Gasteiger partial charge in [-0.2, -0.15) is 0 Å². The molecule has 2 atom stereocenters. The van der Waals surface area contributed by atoms with Gasteiger partial charge >= 0.3 is 0 Å². The second kappa shape index (κ2) is 9.67. The van der Waals surface area contributed by atoms with Gasteiger partial charge < -0.3 is 24.5 Å². The SMILES string of the molecule is CC(OCC1CCCCO1)C(=O)Nc1ccc2nc(CN3CCOCC3)[nH]c2c1. The first kappa shape index (κ1) is 20.3. The normalized spacial score (nSPS) is 21.9. The van der Waals surface area contributed by atoms with E-state index in [4.69, 9.17) is 14.2 Å². The summed E-state index contributed by atoms with van der Waals surface area (Å²) >= 11 is 0. The molecule has 0 spiro atoms. The van der Waals surface area contributed by atoms with E-state index in [0.29, 0.717) is 6.61 Å². The fraction of sp³-hybridized carbons (Fsp3) is 0.619. The van der Waals surface area contributed by atoms with Crippen LogP contribution in [0.3, 0.4) is 0 Å². The number of rotatable bonds is 7. The predicted molar refractivity (Wildman–Crippen MR) is 110 cm³/mol. The zero-order valence-corrected chi connectivity index (χ0v) is 17.0. The van der Waals surface area contributed by atoms with E-state index in [2.05, 4.69) is 20.2 Å². The van der Waals surface area contributed by atoms with Crippen LogP contribution in [0.1, 0.15) is 32.0 Å². The van der Waals surface area contributed by atoms with Crippen LogP contribution >= 0.6 is 0 Å². The van der Waals surface area contributed by atoms with Crippen LogP contribution in [0.15, 0.2) is 18.2 Å². The van der Waals surface area contributed by atoms with Gasteiger partial charge in [-0.25, -0.2) is 4.98 Å². The summed E-state index contributed by atoms with van der Waals surface area (Å²) in [7, 11) is 0. The predicted octanol–water partition coefficient (Wildman–Crippen LogP) is 2.31. The first-order valence-corrected chi connectivity index (χ1v) is 10.5. The Morgan fingerprint density at radius 1 is 1.34 bits per heavy atom. The van der Waals surface area contributed by atoms with Crippen LogP contribution < -0.4 is 5.32 Å². The number of fused-ring (bicyclic) bond motifs is 1. The number of ether oxygens (including phenoxy) is 3. The lowest BCUT2D eigenvalue weighted by Gasteiger charge is -2.25. The summed E-state index contributed by atoms with van der Waals surface area (Å²) in [5, 5.41) is 2.93. The summed E-state index contributed by atoms with van der Waals surface area (Å²) in [5.74, 6) is 0.766. The molecule has 2 saturated heterocycles. The molecule has 3 heterocycles. The van der Waals surface area contributed by atoms with Gasteiger partial charge in [0.05, 0.1) is 43.5 Å². The van der Waals surface area contributed by atoms with Gasteiger partial charge in [-0.05, 0) is 44.4 Å². The molecule has 8 heteroatoms. The Balaban J connectivity index is 1.31. The summed E-state index contributed by atoms with van der Waals surface area (Å²) in [6, 6.07) is 5.71. The number of benzene rings is 1. The molecular weight excluding hydrogens is 372 g/mol. The molecule has 2 unspecified atom stereocenters. The molecule has 0 aliphatic carbocycles. The highest BCUT2D eigenvalue weighted by atomic mass is 16.5. The van der Waals surface area contributed by atoms with E-state index >= 15 is 0 Å². The van der Waals surface area contributed by atoms with Gasteiger partial charge in [-0.1, -0.05) is 0 Å². The minimum Gasteiger partial charge on any atom is -0.379 e. The molecule has 2 aromatic rings. The van der Waals surface area contributed by atoms with Gasteiger partial charge in [-0.15, -0.1) is 0 Å². The molecule has 8 nitrogen and oxygen atoms in total. The van der Waals surface area contributed by atoms with Crippen molar-refractivity contribution in [3.8, 4) is 0 Å². The van der Waals surface area contributed by atoms with Gasteiger partial charge in [0.2, 0.25) is 0 Å². The largest absolute Gasteiger partial charge is 0.379 e. The number of morpholine rings is 1. The van der Waals surface area contributed by atoms with E-state index in [1.807, 2.05) is 18.2 Å². The third-order valence-electron chi connectivity index (χ3n) is 5.45. The van der Waals surface area contributed by atoms with E-state index in [1.54, 1.807) is 6.92 Å². The van der Waals surface area contributed by atoms with Gasteiger partial charge in [0.25, 0.3) is 5.91 Å². The Kier molecular flexibility index (Phi) is 6.76. The quantitative estimate of drug-likeness (QED) is 0.739. The van der Waals surface area contributed by atoms with Crippen molar-refractivity contribution >= 4 is 22.6 Å². The van der Waals surface area contributed by atoms with Gasteiger partial charge in [-0.3, -0.25) is 9.69 Å². The fourth-order valence-corrected chi connectivity index (χ4v) is 3.70. The third-order valence-corrected chi connectivity index (χ3v) is 5.45. The van der Waals surface area contributed by atoms with Crippen LogP contribution in [0.4, 0.5) is 5.69 Å². The van der Waals surface area contributed by atoms with Crippen molar-refractivity contribution in [2.75, 3.05) is 44.8 Å². The van der Waals surface area contributed by atoms with Crippen LogP contribution in [0.5, 0.6) is 0 Å². The molecule has 4 rings (SSSR count). The van der Waals surface area contributed by atoms with Gasteiger partial charge in [0.1, 0.15) is 11.9 Å². The Bertz CT molecular complexity index is 812. The number of amides is 1. The highest BCUT2D eigenvalue weighted by Crippen LogP contribution is 2.19. The first-order valence-electron chi connectivity index (χ1n) is 10.5. The van der Waals surface area contributed by atoms with Crippen molar-refractivity contribution in [3.05, 3.63) is 24.0 Å². The Morgan fingerprint density at radius 3 is 3.00 bits per heavy atom. The van der Waals surface area contributed by atoms with Crippen molar-refractivity contribution in [2.45, 2.75) is 44.9 Å². The number of anilines is 1. The molecular formula is C21H30N4O4. The highest BCUT2D eigenvalue weighted by molar-refractivity contribution is 5.95. The molecule has 2 aliphatic rings. The number of nitrogens with one attached hydrogen (secondary N) is 2. The summed E-state index contributed by atoms with van der Waals surface area (Å²) in [5.41, 5.74) is 2.54. The van der Waals surface area contributed by atoms with E-state index in [1.165, 1.54) is 0 Å². The summed E-state index contributed by atoms with van der Waals surface area (Å²) in [4.78, 5) is 22.8. The Hall–Kier alpha value is -2.00. The number of carbonyl (C=O) groups is 1. The lowest BCUT2D eigenvalue weighted by molar-refractivity contribution is -0.130. The average molecular weight is 402 g/mol. The lowest BCUT2D eigenvalue weighted by atomic mass is 10.1. The maximum Gasteiger partial charge on any atom is 0.253 e. The topological polar surface area (TPSA) is 88.7 Å². The molecule has 29 heavy (non-hydrogen) atoms. The molecule has 2 aliphatic heterocycles. The number of carbonyl (C=O) groups excluding carboxylic acids is 1. The average Bonchev–Trinajstić information content (AvgIpc) is 3.15. The lowest BCUT2D eigenvalue weighted by Crippen LogP contribution is -2.35. The zero-order chi connectivity index (χ0) is 20.1. The van der Waals surface area contributed by atoms with Crippen molar-refractivity contribution in [1.29, 1.82) is 0 Å². The van der Waals surface area contributed by atoms with Crippen LogP contribution in [-0.4, -0.2) is 72.5 Å². The van der Waals surface area contributed by atoms with Crippen LogP contribution in [0.25, 0.3) is 11.0 Å². The Labute approximate surface area is 170 Å². The van der Waals surface area contributed by atoms with Crippen LogP contribution in [0.2, 0.25) is 0 Å². The summed E-state index contributed by atoms with van der Waals surface area (Å²) < 4.78 is 16.8. The molecule has 0 saturated carbocycles. The molecule has 1 aromatic carbocycles. The number of imidazole rings is 1. The highest BCUT2D eigenvalue weighted by Gasteiger charge is 2.19. The molecule has 158 valence electrons. The van der Waals surface area contributed by atoms with Gasteiger partial charge in [0, 0.05) is 25.4 Å². The summed E-state index contributed by atoms with van der Waals surface area (Å²) in [6.45, 7) is 7.16. The standard InChI is InChI=1S/C21H30N4O4/c1-15(29-14-17-4-2-3-9-28-17)21(26)22-16-5-6-18-19(12-16)24-20(23-18)13-25-7-10-27-11-8-25/h5-6,12,15,17H,2-4,7-11,13-14H2,1H3,(H,22,26)(H,23,24). The van der Waals surface area contributed by atoms with Crippen molar-refractivity contribution in [1.82, 2.24) is 14.9 Å². The number of hydrogen-bond acceptors (Lipinski definition) is 6. The molecule has 0 radical (unpaired) electrons. The second-order valence-corrected chi connectivity index (χ2v) is 7.76. The molecule has 2 fully saturated rings. The summed E-state index contributed by atoms with van der Waals surface area (Å²) in [6.07, 6.45) is 2.83. The Morgan fingerprint density at radius 2 is 2.21 bits per heavy atom. The van der Waals surface area contributed by atoms with Crippen LogP contribution in [-0.2, 0) is 25.5 Å². The minimum atomic E-state index is -0.533. The van der Waals surface area contributed by atoms with Gasteiger partial charge in [0.15, 0.2) is 0 Å². The maximum absolute atomic E-state index is 12.5. The van der Waals surface area contributed by atoms with Crippen LogP contribution in [0, 0.1) is 0 Å². The van der Waals surface area contributed by atoms with Crippen molar-refractivity contribution in [3.63, 3.8) is 0 Å². The smallest absolute Gasteiger partial charge is 0.253 e. The molecule has 2 N–H and O–H groups in total. The fourth-order valence-electron chi connectivity index (χ4n) is 3.70. The number of nitrogens with zero attached hydrogens (tertiary/aromatic N) is 2. The second-order valence-electron chi connectivity index (χ2n) is 7.76. The minimum absolute atomic E-state index is 0.102. The van der Waals surface area contributed by atoms with E-state index < -0.39 is 6.10 Å². The third kappa shape index (κ3) is 5.54. The number of H-pyrrole nitrogens is 1. The monoisotopic (exact) mass is 402 g/mol. The molecule has 1 aromatic heterocycles. The van der Waals surface area contributed by atoms with Crippen molar-refractivity contribution in [2.24, 2.45) is 0 Å². The van der Waals surface area contributed by atoms with E-state index in [0.717, 1.165) is 81.3 Å². The van der Waals surface area contributed by atoms with E-state index in [-0.39, 0.29) is 12.0 Å². The first-order chi connectivity index (χ1) is 14.2. The number of aromatic amines is 1. The number of aromatic nitrogens is 2.